The molecule has 1 atom stereocenters. The second-order valence-electron chi connectivity index (χ2n) is 4.85. The third kappa shape index (κ3) is 3.24. The molecule has 7 nitrogen and oxygen atoms in total. The molecule has 7 heteroatoms. The summed E-state index contributed by atoms with van der Waals surface area (Å²) < 4.78 is 6.82. The number of hydrogen-bond donors (Lipinski definition) is 2. The number of nitrogens with one attached hydrogen (secondary N) is 2. The topological polar surface area (TPSA) is 84.8 Å². The maximum absolute atomic E-state index is 12.4. The van der Waals surface area contributed by atoms with Crippen molar-refractivity contribution >= 4 is 11.9 Å². The molecule has 0 aromatic carbocycles. The van der Waals surface area contributed by atoms with Gasteiger partial charge in [-0.05, 0) is 18.1 Å². The number of methoxy groups -OCH3 is 1. The maximum atomic E-state index is 12.4. The second-order valence-corrected chi connectivity index (χ2v) is 4.85. The molecule has 1 amide bonds. The largest absolute Gasteiger partial charge is 0.377 e. The van der Waals surface area contributed by atoms with Crippen LogP contribution >= 0.6 is 0 Å². The Morgan fingerprint density at radius 1 is 1.45 bits per heavy atom. The van der Waals surface area contributed by atoms with E-state index in [-0.39, 0.29) is 23.8 Å². The molecule has 2 aromatic heterocycles. The number of carbonyl (C=O) groups is 1. The molecule has 2 rings (SSSR count). The zero-order valence-corrected chi connectivity index (χ0v) is 11.8. The van der Waals surface area contributed by atoms with Gasteiger partial charge in [0.15, 0.2) is 5.82 Å². The first-order valence-corrected chi connectivity index (χ1v) is 6.45. The van der Waals surface area contributed by atoms with Gasteiger partial charge in [0.1, 0.15) is 12.6 Å². The van der Waals surface area contributed by atoms with Crippen LogP contribution in [0, 0.1) is 5.92 Å². The predicted molar refractivity (Wildman–Crippen MR) is 74.0 cm³/mol. The summed E-state index contributed by atoms with van der Waals surface area (Å²) in [6.07, 6.45) is 3.75. The van der Waals surface area contributed by atoms with Crippen LogP contribution in [0.2, 0.25) is 0 Å². The molecule has 0 spiro atoms. The number of aromatic nitrogens is 4. The van der Waals surface area contributed by atoms with Crippen LogP contribution in [-0.4, -0.2) is 32.8 Å². The van der Waals surface area contributed by atoms with E-state index in [4.69, 9.17) is 4.74 Å². The summed E-state index contributed by atoms with van der Waals surface area (Å²) >= 11 is 0. The van der Waals surface area contributed by atoms with Crippen molar-refractivity contribution < 1.29 is 9.53 Å². The van der Waals surface area contributed by atoms with Gasteiger partial charge in [-0.3, -0.25) is 15.2 Å². The van der Waals surface area contributed by atoms with Gasteiger partial charge in [-0.25, -0.2) is 0 Å². The van der Waals surface area contributed by atoms with Crippen molar-refractivity contribution in [1.82, 2.24) is 19.7 Å². The number of hydrogen-bond acceptors (Lipinski definition) is 4. The van der Waals surface area contributed by atoms with Crippen molar-refractivity contribution in [2.75, 3.05) is 12.4 Å². The minimum atomic E-state index is -0.297. The smallest absolute Gasteiger partial charge is 0.250 e. The van der Waals surface area contributed by atoms with Gasteiger partial charge >= 0.3 is 0 Å². The third-order valence-corrected chi connectivity index (χ3v) is 2.90. The summed E-state index contributed by atoms with van der Waals surface area (Å²) in [4.78, 5) is 16.5. The molecule has 0 aliphatic rings. The van der Waals surface area contributed by atoms with Crippen LogP contribution in [0.3, 0.4) is 0 Å². The minimum Gasteiger partial charge on any atom is -0.377 e. The molecule has 0 fully saturated rings. The fourth-order valence-corrected chi connectivity index (χ4v) is 2.05. The first kappa shape index (κ1) is 14.3. The monoisotopic (exact) mass is 277 g/mol. The molecule has 20 heavy (non-hydrogen) atoms. The predicted octanol–water partition coefficient (Wildman–Crippen LogP) is 1.59. The fraction of sp³-hybridized carbons (Fsp3) is 0.462. The lowest BCUT2D eigenvalue weighted by molar-refractivity contribution is -0.120. The molecule has 2 heterocycles. The van der Waals surface area contributed by atoms with Crippen molar-refractivity contribution in [3.63, 3.8) is 0 Å². The zero-order valence-electron chi connectivity index (χ0n) is 11.8. The second kappa shape index (κ2) is 6.33. The van der Waals surface area contributed by atoms with Gasteiger partial charge in [0.2, 0.25) is 11.9 Å². The molecular formula is C13H19N5O2. The molecule has 0 radical (unpaired) electrons. The Kier molecular flexibility index (Phi) is 4.52. The number of aromatic amines is 1. The van der Waals surface area contributed by atoms with Crippen molar-refractivity contribution in [2.24, 2.45) is 5.92 Å². The van der Waals surface area contributed by atoms with Crippen LogP contribution in [0.15, 0.2) is 24.5 Å². The highest BCUT2D eigenvalue weighted by Gasteiger charge is 2.24. The third-order valence-electron chi connectivity index (χ3n) is 2.90. The Morgan fingerprint density at radius 2 is 2.15 bits per heavy atom. The van der Waals surface area contributed by atoms with Gasteiger partial charge in [0, 0.05) is 19.5 Å². The van der Waals surface area contributed by atoms with Gasteiger partial charge in [0.05, 0.1) is 0 Å². The van der Waals surface area contributed by atoms with Gasteiger partial charge in [-0.15, -0.1) is 5.10 Å². The van der Waals surface area contributed by atoms with Crippen molar-refractivity contribution in [1.29, 1.82) is 0 Å². The number of nitrogens with zero attached hydrogens (tertiary/aromatic N) is 3. The van der Waals surface area contributed by atoms with E-state index in [0.29, 0.717) is 12.4 Å². The van der Waals surface area contributed by atoms with Crippen LogP contribution in [0.25, 0.3) is 0 Å². The summed E-state index contributed by atoms with van der Waals surface area (Å²) in [6, 6.07) is 3.49. The molecule has 2 aromatic rings. The van der Waals surface area contributed by atoms with Crippen molar-refractivity contribution in [3.8, 4) is 0 Å². The highest BCUT2D eigenvalue weighted by atomic mass is 16.5. The maximum Gasteiger partial charge on any atom is 0.250 e. The minimum absolute atomic E-state index is 0.140. The van der Waals surface area contributed by atoms with Crippen LogP contribution in [0.4, 0.5) is 5.95 Å². The SMILES string of the molecule is COCc1nc(NC(=O)[C@@H](C(C)C)n2cccc2)n[nH]1. The number of H-pyrrole nitrogens is 1. The lowest BCUT2D eigenvalue weighted by atomic mass is 10.0. The average Bonchev–Trinajstić information content (AvgIpc) is 3.02. The summed E-state index contributed by atoms with van der Waals surface area (Å²) in [6.45, 7) is 4.32. The Hall–Kier alpha value is -2.15. The molecular weight excluding hydrogens is 258 g/mol. The summed E-state index contributed by atoms with van der Waals surface area (Å²) in [7, 11) is 1.57. The number of anilines is 1. The number of amides is 1. The Bertz CT molecular complexity index is 547. The van der Waals surface area contributed by atoms with E-state index in [1.807, 2.05) is 42.9 Å². The lowest BCUT2D eigenvalue weighted by Gasteiger charge is -2.21. The Labute approximate surface area is 117 Å². The van der Waals surface area contributed by atoms with E-state index >= 15 is 0 Å². The van der Waals surface area contributed by atoms with Crippen molar-refractivity contribution in [2.45, 2.75) is 26.5 Å². The van der Waals surface area contributed by atoms with E-state index in [0.717, 1.165) is 0 Å². The first-order chi connectivity index (χ1) is 9.61. The molecule has 0 saturated carbocycles. The number of carbonyl (C=O) groups excluding carboxylic acids is 1. The summed E-state index contributed by atoms with van der Waals surface area (Å²) in [5, 5.41) is 9.37. The number of rotatable bonds is 6. The average molecular weight is 277 g/mol. The van der Waals surface area contributed by atoms with Crippen LogP contribution < -0.4 is 5.32 Å². The van der Waals surface area contributed by atoms with Gasteiger partial charge < -0.3 is 9.30 Å². The first-order valence-electron chi connectivity index (χ1n) is 6.45. The Balaban J connectivity index is 2.08. The lowest BCUT2D eigenvalue weighted by Crippen LogP contribution is -2.29. The molecule has 0 aliphatic carbocycles. The summed E-state index contributed by atoms with van der Waals surface area (Å²) in [5.74, 6) is 0.851. The summed E-state index contributed by atoms with van der Waals surface area (Å²) in [5.41, 5.74) is 0. The van der Waals surface area contributed by atoms with Gasteiger partial charge in [-0.1, -0.05) is 13.8 Å². The van der Waals surface area contributed by atoms with E-state index in [1.165, 1.54) is 0 Å². The van der Waals surface area contributed by atoms with Gasteiger partial charge in [-0.2, -0.15) is 4.98 Å². The molecule has 0 bridgehead atoms. The molecule has 108 valence electrons. The molecule has 0 saturated heterocycles. The standard InChI is InChI=1S/C13H19N5O2/c1-9(2)11(18-6-4-5-7-18)12(19)15-13-14-10(8-20-3)16-17-13/h4-7,9,11H,8H2,1-3H3,(H2,14,15,16,17,19)/t11-/m1/s1. The number of ether oxygens (including phenoxy) is 1. The highest BCUT2D eigenvalue weighted by molar-refractivity contribution is 5.92. The van der Waals surface area contributed by atoms with Crippen molar-refractivity contribution in [3.05, 3.63) is 30.4 Å². The van der Waals surface area contributed by atoms with Crippen LogP contribution in [-0.2, 0) is 16.1 Å². The molecule has 0 aliphatic heterocycles. The van der Waals surface area contributed by atoms with Crippen LogP contribution in [0.5, 0.6) is 0 Å². The van der Waals surface area contributed by atoms with Crippen LogP contribution in [0.1, 0.15) is 25.7 Å². The fourth-order valence-electron chi connectivity index (χ4n) is 2.05. The highest BCUT2D eigenvalue weighted by Crippen LogP contribution is 2.19. The molecule has 2 N–H and O–H groups in total. The zero-order chi connectivity index (χ0) is 14.5. The quantitative estimate of drug-likeness (QED) is 0.839. The normalized spacial score (nSPS) is 12.6. The van der Waals surface area contributed by atoms with E-state index in [1.54, 1.807) is 7.11 Å². The van der Waals surface area contributed by atoms with E-state index in [2.05, 4.69) is 20.5 Å². The Morgan fingerprint density at radius 3 is 2.75 bits per heavy atom. The molecule has 0 unspecified atom stereocenters. The van der Waals surface area contributed by atoms with E-state index in [9.17, 15) is 4.79 Å². The van der Waals surface area contributed by atoms with Gasteiger partial charge in [0.25, 0.3) is 0 Å². The van der Waals surface area contributed by atoms with E-state index < -0.39 is 0 Å².